The third-order valence-corrected chi connectivity index (χ3v) is 16.8. The van der Waals surface area contributed by atoms with Gasteiger partial charge in [0, 0.05) is 95.4 Å². The van der Waals surface area contributed by atoms with Gasteiger partial charge in [0.1, 0.15) is 0 Å². The van der Waals surface area contributed by atoms with Crippen LogP contribution >= 0.6 is 22.7 Å². The second-order valence-corrected chi connectivity index (χ2v) is 23.5. The van der Waals surface area contributed by atoms with E-state index in [2.05, 4.69) is 237 Å². The maximum Gasteiger partial charge on any atom is 0.0547 e. The minimum atomic E-state index is 0.0103. The van der Waals surface area contributed by atoms with Crippen molar-refractivity contribution in [1.82, 2.24) is 0 Å². The molecular formula is C64H56N2S2. The Morgan fingerprint density at radius 1 is 0.309 bits per heavy atom. The molecule has 0 radical (unpaired) electrons. The molecule has 12 rings (SSSR count). The fourth-order valence-corrected chi connectivity index (χ4v) is 12.8. The zero-order chi connectivity index (χ0) is 47.0. The first-order valence-electron chi connectivity index (χ1n) is 24.0. The van der Waals surface area contributed by atoms with Crippen LogP contribution in [0.4, 0.5) is 34.1 Å². The Morgan fingerprint density at radius 2 is 0.618 bits per heavy atom. The lowest BCUT2D eigenvalue weighted by atomic mass is 9.85. The van der Waals surface area contributed by atoms with Crippen LogP contribution in [0.15, 0.2) is 158 Å². The summed E-state index contributed by atoms with van der Waals surface area (Å²) in [7, 11) is 0. The third kappa shape index (κ3) is 6.86. The predicted octanol–water partition coefficient (Wildman–Crippen LogP) is 20.1. The standard InChI is InChI=1S/C64H56N2S2/c1-37-11-21-43(22-12-37)65(44-23-13-38(2)14-24-44)55-35-53-60-52(34-50-48-32-42(64(8,9)10)20-30-58(48)67-61(50)53)56(66(45-25-15-39(3)16-26-45)46-27-17-40(4)18-28-46)36-54-59(60)51(55)33-49-47-31-41(63(5,6)7)19-29-57(47)68-62(49)54/h11-36H,1-10H3. The Labute approximate surface area is 408 Å². The molecule has 0 amide bonds. The van der Waals surface area contributed by atoms with Gasteiger partial charge in [0.15, 0.2) is 0 Å². The summed E-state index contributed by atoms with van der Waals surface area (Å²) in [5.74, 6) is 0. The van der Waals surface area contributed by atoms with Crippen molar-refractivity contribution < 1.29 is 0 Å². The molecule has 0 aliphatic heterocycles. The van der Waals surface area contributed by atoms with E-state index in [1.54, 1.807) is 0 Å². The van der Waals surface area contributed by atoms with Crippen molar-refractivity contribution in [2.45, 2.75) is 80.1 Å². The molecule has 334 valence electrons. The highest BCUT2D eigenvalue weighted by atomic mass is 32.1. The van der Waals surface area contributed by atoms with Gasteiger partial charge < -0.3 is 9.80 Å². The molecule has 0 bridgehead atoms. The molecule has 0 atom stereocenters. The van der Waals surface area contributed by atoms with Crippen molar-refractivity contribution >= 4 is 129 Å². The summed E-state index contributed by atoms with van der Waals surface area (Å²) in [4.78, 5) is 5.04. The fraction of sp³-hybridized carbons (Fsp3) is 0.188. The molecule has 0 spiro atoms. The van der Waals surface area contributed by atoms with Gasteiger partial charge in [-0.3, -0.25) is 0 Å². The normalized spacial score (nSPS) is 12.6. The maximum atomic E-state index is 2.55. The average Bonchev–Trinajstić information content (AvgIpc) is 3.88. The van der Waals surface area contributed by atoms with Gasteiger partial charge in [0.2, 0.25) is 0 Å². The summed E-state index contributed by atoms with van der Waals surface area (Å²) in [5.41, 5.74) is 14.6. The van der Waals surface area contributed by atoms with Crippen LogP contribution in [-0.2, 0) is 10.8 Å². The monoisotopic (exact) mass is 916 g/mol. The first-order valence-corrected chi connectivity index (χ1v) is 25.6. The topological polar surface area (TPSA) is 6.48 Å². The van der Waals surface area contributed by atoms with E-state index in [9.17, 15) is 0 Å². The zero-order valence-electron chi connectivity index (χ0n) is 40.7. The van der Waals surface area contributed by atoms with Crippen LogP contribution in [0.3, 0.4) is 0 Å². The first kappa shape index (κ1) is 42.6. The van der Waals surface area contributed by atoms with Gasteiger partial charge in [0.25, 0.3) is 0 Å². The lowest BCUT2D eigenvalue weighted by molar-refractivity contribution is 0.591. The van der Waals surface area contributed by atoms with Gasteiger partial charge in [-0.2, -0.15) is 0 Å². The number of nitrogens with zero attached hydrogens (tertiary/aromatic N) is 2. The molecule has 12 aromatic rings. The summed E-state index contributed by atoms with van der Waals surface area (Å²) in [6, 6.07) is 61.0. The fourth-order valence-electron chi connectivity index (χ4n) is 10.5. The number of anilines is 6. The highest BCUT2D eigenvalue weighted by molar-refractivity contribution is 7.27. The van der Waals surface area contributed by atoms with Crippen LogP contribution in [0.25, 0.3) is 72.7 Å². The van der Waals surface area contributed by atoms with Crippen molar-refractivity contribution in [2.24, 2.45) is 0 Å². The quantitative estimate of drug-likeness (QED) is 0.153. The van der Waals surface area contributed by atoms with E-state index in [4.69, 9.17) is 0 Å². The summed E-state index contributed by atoms with van der Waals surface area (Å²) in [6.07, 6.45) is 0. The Morgan fingerprint density at radius 3 is 0.912 bits per heavy atom. The number of rotatable bonds is 6. The Balaban J connectivity index is 1.33. The summed E-state index contributed by atoms with van der Waals surface area (Å²) in [5, 5.41) is 13.0. The Kier molecular flexibility index (Phi) is 9.65. The predicted molar refractivity (Wildman–Crippen MR) is 302 cm³/mol. The molecule has 2 nitrogen and oxygen atoms in total. The molecule has 2 heterocycles. The number of hydrogen-bond donors (Lipinski definition) is 0. The molecule has 0 N–H and O–H groups in total. The molecule has 0 unspecified atom stereocenters. The summed E-state index contributed by atoms with van der Waals surface area (Å²) < 4.78 is 5.29. The zero-order valence-corrected chi connectivity index (χ0v) is 42.4. The molecule has 0 aliphatic rings. The minimum absolute atomic E-state index is 0.0103. The molecule has 10 aromatic carbocycles. The molecular weight excluding hydrogens is 861 g/mol. The molecule has 68 heavy (non-hydrogen) atoms. The smallest absolute Gasteiger partial charge is 0.0547 e. The average molecular weight is 917 g/mol. The van der Waals surface area contributed by atoms with Crippen LogP contribution in [0.5, 0.6) is 0 Å². The van der Waals surface area contributed by atoms with Crippen molar-refractivity contribution in [3.63, 3.8) is 0 Å². The van der Waals surface area contributed by atoms with Gasteiger partial charge >= 0.3 is 0 Å². The van der Waals surface area contributed by atoms with Gasteiger partial charge in [0.05, 0.1) is 11.4 Å². The van der Waals surface area contributed by atoms with Crippen molar-refractivity contribution in [2.75, 3.05) is 9.80 Å². The summed E-state index contributed by atoms with van der Waals surface area (Å²) >= 11 is 3.88. The minimum Gasteiger partial charge on any atom is -0.310 e. The first-order chi connectivity index (χ1) is 32.6. The second kappa shape index (κ2) is 15.4. The van der Waals surface area contributed by atoms with Crippen LogP contribution in [-0.4, -0.2) is 0 Å². The van der Waals surface area contributed by atoms with Gasteiger partial charge in [-0.25, -0.2) is 0 Å². The maximum absolute atomic E-state index is 2.55. The molecule has 0 saturated heterocycles. The van der Waals surface area contributed by atoms with Crippen LogP contribution in [0, 0.1) is 27.7 Å². The van der Waals surface area contributed by atoms with Crippen LogP contribution in [0.2, 0.25) is 0 Å². The number of fused-ring (bicyclic) bond motifs is 8. The second-order valence-electron chi connectivity index (χ2n) is 21.4. The molecule has 0 aliphatic carbocycles. The van der Waals surface area contributed by atoms with Gasteiger partial charge in [-0.15, -0.1) is 22.7 Å². The van der Waals surface area contributed by atoms with E-state index in [0.717, 1.165) is 22.7 Å². The van der Waals surface area contributed by atoms with E-state index in [0.29, 0.717) is 0 Å². The molecule has 0 fully saturated rings. The summed E-state index contributed by atoms with van der Waals surface area (Å²) in [6.45, 7) is 22.7. The van der Waals surface area contributed by atoms with E-state index in [1.165, 1.54) is 117 Å². The molecule has 2 aromatic heterocycles. The molecule has 4 heteroatoms. The Hall–Kier alpha value is -6.72. The lowest BCUT2D eigenvalue weighted by Crippen LogP contribution is -2.12. The number of aryl methyl sites for hydroxylation is 4. The highest BCUT2D eigenvalue weighted by Crippen LogP contribution is 2.56. The third-order valence-electron chi connectivity index (χ3n) is 14.3. The van der Waals surface area contributed by atoms with Crippen molar-refractivity contribution in [3.05, 3.63) is 191 Å². The van der Waals surface area contributed by atoms with E-state index >= 15 is 0 Å². The van der Waals surface area contributed by atoms with Gasteiger partial charge in [-0.1, -0.05) is 124 Å². The lowest BCUT2D eigenvalue weighted by Gasteiger charge is -2.31. The number of hydrogen-bond acceptors (Lipinski definition) is 4. The van der Waals surface area contributed by atoms with Crippen LogP contribution < -0.4 is 9.80 Å². The van der Waals surface area contributed by atoms with Crippen molar-refractivity contribution in [1.29, 1.82) is 0 Å². The largest absolute Gasteiger partial charge is 0.310 e. The highest BCUT2D eigenvalue weighted by Gasteiger charge is 2.28. The SMILES string of the molecule is Cc1ccc(N(c2ccc(C)cc2)c2cc3c4sc5ccc(C(C)(C)C)cc5c4cc4c(N(c5ccc(C)cc5)c5ccc(C)cc5)cc5c6sc7ccc(C(C)(C)C)cc7c6cc2c5c43)cc1. The number of thiophene rings is 2. The molecule has 0 saturated carbocycles. The Bertz CT molecular complexity index is 3580. The van der Waals surface area contributed by atoms with E-state index < -0.39 is 0 Å². The van der Waals surface area contributed by atoms with Gasteiger partial charge in [-0.05, 0) is 147 Å². The van der Waals surface area contributed by atoms with E-state index in [1.807, 2.05) is 22.7 Å². The number of benzene rings is 10. The van der Waals surface area contributed by atoms with Crippen molar-refractivity contribution in [3.8, 4) is 0 Å². The van der Waals surface area contributed by atoms with E-state index in [-0.39, 0.29) is 10.8 Å². The van der Waals surface area contributed by atoms with Crippen LogP contribution in [0.1, 0.15) is 74.9 Å².